The Kier molecular flexibility index (Phi) is 5.07. The molecule has 5 nitrogen and oxygen atoms in total. The number of nitrogens with one attached hydrogen (secondary N) is 1. The summed E-state index contributed by atoms with van der Waals surface area (Å²) in [5.41, 5.74) is 5.01. The molecular weight excluding hydrogens is 326 g/mol. The quantitative estimate of drug-likeness (QED) is 0.919. The van der Waals surface area contributed by atoms with Crippen molar-refractivity contribution < 1.29 is 9.53 Å². The molecule has 0 spiro atoms. The number of hydrogen-bond donors (Lipinski definition) is 1. The summed E-state index contributed by atoms with van der Waals surface area (Å²) >= 11 is 0. The Balaban J connectivity index is 1.44. The van der Waals surface area contributed by atoms with E-state index in [4.69, 9.17) is 4.74 Å². The summed E-state index contributed by atoms with van der Waals surface area (Å²) in [7, 11) is 0. The number of carbonyl (C=O) groups is 1. The molecule has 0 unspecified atom stereocenters. The minimum absolute atomic E-state index is 0.132. The van der Waals surface area contributed by atoms with Gasteiger partial charge in [-0.05, 0) is 29.7 Å². The smallest absolute Gasteiger partial charge is 0.242 e. The van der Waals surface area contributed by atoms with Crippen LogP contribution < -0.4 is 10.2 Å². The van der Waals surface area contributed by atoms with Crippen LogP contribution in [0.4, 0.5) is 11.4 Å². The van der Waals surface area contributed by atoms with Gasteiger partial charge in [-0.25, -0.2) is 0 Å². The Hall–Kier alpha value is -2.53. The van der Waals surface area contributed by atoms with Crippen molar-refractivity contribution in [3.63, 3.8) is 0 Å². The van der Waals surface area contributed by atoms with Gasteiger partial charge in [0.05, 0.1) is 31.1 Å². The molecular formula is C21H25N3O2. The third-order valence-electron chi connectivity index (χ3n) is 5.17. The van der Waals surface area contributed by atoms with Gasteiger partial charge in [0.2, 0.25) is 5.91 Å². The van der Waals surface area contributed by atoms with E-state index in [-0.39, 0.29) is 5.91 Å². The van der Waals surface area contributed by atoms with Gasteiger partial charge >= 0.3 is 0 Å². The fourth-order valence-corrected chi connectivity index (χ4v) is 3.70. The zero-order valence-electron chi connectivity index (χ0n) is 15.0. The Morgan fingerprint density at radius 2 is 1.69 bits per heavy atom. The summed E-state index contributed by atoms with van der Waals surface area (Å²) in [4.78, 5) is 16.7. The van der Waals surface area contributed by atoms with E-state index >= 15 is 0 Å². The average molecular weight is 351 g/mol. The van der Waals surface area contributed by atoms with Gasteiger partial charge in [0.1, 0.15) is 0 Å². The summed E-state index contributed by atoms with van der Waals surface area (Å²) in [6.45, 7) is 4.86. The molecule has 26 heavy (non-hydrogen) atoms. The highest BCUT2D eigenvalue weighted by Crippen LogP contribution is 2.30. The molecule has 0 saturated carbocycles. The molecule has 1 amide bonds. The zero-order valence-corrected chi connectivity index (χ0v) is 15.0. The van der Waals surface area contributed by atoms with Gasteiger partial charge in [-0.2, -0.15) is 0 Å². The topological polar surface area (TPSA) is 44.8 Å². The molecule has 2 aliphatic rings. The molecule has 136 valence electrons. The lowest BCUT2D eigenvalue weighted by Gasteiger charge is -2.32. The number of benzene rings is 2. The summed E-state index contributed by atoms with van der Waals surface area (Å²) in [5, 5.41) is 3.36. The van der Waals surface area contributed by atoms with E-state index in [2.05, 4.69) is 52.7 Å². The highest BCUT2D eigenvalue weighted by atomic mass is 16.5. The molecule has 0 aliphatic carbocycles. The predicted molar refractivity (Wildman–Crippen MR) is 104 cm³/mol. The molecule has 1 N–H and O–H groups in total. The fourth-order valence-electron chi connectivity index (χ4n) is 3.70. The van der Waals surface area contributed by atoms with Crippen molar-refractivity contribution in [1.29, 1.82) is 0 Å². The Labute approximate surface area is 154 Å². The number of anilines is 2. The lowest BCUT2D eigenvalue weighted by molar-refractivity contribution is -0.133. The van der Waals surface area contributed by atoms with Crippen LogP contribution in [0.2, 0.25) is 0 Å². The summed E-state index contributed by atoms with van der Waals surface area (Å²) in [5.74, 6) is 0.132. The highest BCUT2D eigenvalue weighted by molar-refractivity contribution is 5.83. The number of rotatable bonds is 4. The Bertz CT molecular complexity index is 771. The Morgan fingerprint density at radius 1 is 0.962 bits per heavy atom. The second kappa shape index (κ2) is 7.79. The summed E-state index contributed by atoms with van der Waals surface area (Å²) < 4.78 is 5.32. The molecule has 1 fully saturated rings. The zero-order chi connectivity index (χ0) is 17.8. The number of ether oxygens (including phenoxy) is 1. The summed E-state index contributed by atoms with van der Waals surface area (Å²) in [6, 6.07) is 16.9. The van der Waals surface area contributed by atoms with Crippen molar-refractivity contribution in [3.05, 3.63) is 59.7 Å². The average Bonchev–Trinajstić information content (AvgIpc) is 2.72. The van der Waals surface area contributed by atoms with Gasteiger partial charge in [0.25, 0.3) is 0 Å². The number of morpholine rings is 1. The van der Waals surface area contributed by atoms with E-state index < -0.39 is 0 Å². The first-order valence-corrected chi connectivity index (χ1v) is 9.31. The van der Waals surface area contributed by atoms with Crippen molar-refractivity contribution in [3.8, 4) is 0 Å². The van der Waals surface area contributed by atoms with Crippen molar-refractivity contribution in [2.75, 3.05) is 49.6 Å². The van der Waals surface area contributed by atoms with E-state index in [9.17, 15) is 4.79 Å². The van der Waals surface area contributed by atoms with Crippen molar-refractivity contribution in [2.24, 2.45) is 0 Å². The summed E-state index contributed by atoms with van der Waals surface area (Å²) in [6.07, 6.45) is 1.05. The van der Waals surface area contributed by atoms with E-state index in [1.54, 1.807) is 0 Å². The molecule has 5 heteroatoms. The van der Waals surface area contributed by atoms with Crippen LogP contribution >= 0.6 is 0 Å². The second-order valence-corrected chi connectivity index (χ2v) is 6.80. The van der Waals surface area contributed by atoms with Crippen LogP contribution in [0.1, 0.15) is 11.1 Å². The third-order valence-corrected chi connectivity index (χ3v) is 5.17. The molecule has 0 bridgehead atoms. The minimum atomic E-state index is 0.132. The number of para-hydroxylation sites is 2. The molecule has 0 atom stereocenters. The largest absolute Gasteiger partial charge is 0.378 e. The highest BCUT2D eigenvalue weighted by Gasteiger charge is 2.20. The number of nitrogens with zero attached hydrogens (tertiary/aromatic N) is 2. The lowest BCUT2D eigenvalue weighted by Crippen LogP contribution is -2.43. The lowest BCUT2D eigenvalue weighted by atomic mass is 9.99. The molecule has 4 rings (SSSR count). The standard InChI is InChI=1S/C21H25N3O2/c25-21(23-11-13-26-14-12-23)15-22-19-7-3-4-8-20(19)24-10-9-17-5-1-2-6-18(17)16-24/h1-8,22H,9-16H2. The molecule has 2 aromatic carbocycles. The maximum atomic E-state index is 12.4. The van der Waals surface area contributed by atoms with Crippen molar-refractivity contribution in [1.82, 2.24) is 4.90 Å². The molecule has 0 aromatic heterocycles. The molecule has 1 saturated heterocycles. The number of amides is 1. The van der Waals surface area contributed by atoms with Crippen LogP contribution in [-0.2, 0) is 22.5 Å². The van der Waals surface area contributed by atoms with Crippen molar-refractivity contribution in [2.45, 2.75) is 13.0 Å². The molecule has 2 heterocycles. The maximum absolute atomic E-state index is 12.4. The van der Waals surface area contributed by atoms with Gasteiger partial charge in [0, 0.05) is 26.2 Å². The Morgan fingerprint density at radius 3 is 2.54 bits per heavy atom. The molecule has 2 aliphatic heterocycles. The van der Waals surface area contributed by atoms with Gasteiger partial charge in [-0.1, -0.05) is 36.4 Å². The van der Waals surface area contributed by atoms with E-state index in [0.717, 1.165) is 30.9 Å². The van der Waals surface area contributed by atoms with E-state index in [0.29, 0.717) is 32.8 Å². The van der Waals surface area contributed by atoms with E-state index in [1.807, 2.05) is 11.0 Å². The van der Waals surface area contributed by atoms with Gasteiger partial charge in [0.15, 0.2) is 0 Å². The molecule has 0 radical (unpaired) electrons. The second-order valence-electron chi connectivity index (χ2n) is 6.80. The van der Waals surface area contributed by atoms with Crippen LogP contribution in [0.3, 0.4) is 0 Å². The van der Waals surface area contributed by atoms with Crippen LogP contribution in [0.5, 0.6) is 0 Å². The SMILES string of the molecule is O=C(CNc1ccccc1N1CCc2ccccc2C1)N1CCOCC1. The van der Waals surface area contributed by atoms with Crippen LogP contribution in [-0.4, -0.2) is 50.2 Å². The van der Waals surface area contributed by atoms with Crippen LogP contribution in [0.15, 0.2) is 48.5 Å². The van der Waals surface area contributed by atoms with Gasteiger partial charge in [-0.3, -0.25) is 4.79 Å². The monoisotopic (exact) mass is 351 g/mol. The van der Waals surface area contributed by atoms with Gasteiger partial charge in [-0.15, -0.1) is 0 Å². The maximum Gasteiger partial charge on any atom is 0.242 e. The first-order chi connectivity index (χ1) is 12.8. The fraction of sp³-hybridized carbons (Fsp3) is 0.381. The van der Waals surface area contributed by atoms with Crippen LogP contribution in [0.25, 0.3) is 0 Å². The first kappa shape index (κ1) is 16.9. The number of carbonyl (C=O) groups excluding carboxylic acids is 1. The predicted octanol–water partition coefficient (Wildman–Crippen LogP) is 2.52. The number of hydrogen-bond acceptors (Lipinski definition) is 4. The normalized spacial score (nSPS) is 16.9. The van der Waals surface area contributed by atoms with Gasteiger partial charge < -0.3 is 19.9 Å². The third kappa shape index (κ3) is 3.68. The van der Waals surface area contributed by atoms with E-state index in [1.165, 1.54) is 11.1 Å². The minimum Gasteiger partial charge on any atom is -0.378 e. The molecule has 2 aromatic rings. The number of fused-ring (bicyclic) bond motifs is 1. The first-order valence-electron chi connectivity index (χ1n) is 9.31. The van der Waals surface area contributed by atoms with Crippen molar-refractivity contribution >= 4 is 17.3 Å². The van der Waals surface area contributed by atoms with Crippen LogP contribution in [0, 0.1) is 0 Å².